The molecule has 0 amide bonds. The summed E-state index contributed by atoms with van der Waals surface area (Å²) in [5.74, 6) is 0. The lowest BCUT2D eigenvalue weighted by atomic mass is 10.3. The zero-order valence-electron chi connectivity index (χ0n) is 4.10. The van der Waals surface area contributed by atoms with E-state index in [2.05, 4.69) is 29.2 Å². The van der Waals surface area contributed by atoms with Crippen molar-refractivity contribution in [3.05, 3.63) is 12.7 Å². The SMILES string of the molecule is C=CC[C@@H](O)CI. The molecule has 2 heteroatoms. The van der Waals surface area contributed by atoms with Gasteiger partial charge in [-0.05, 0) is 6.42 Å². The van der Waals surface area contributed by atoms with Crippen LogP contribution in [0, 0.1) is 0 Å². The topological polar surface area (TPSA) is 20.2 Å². The first-order valence-electron chi connectivity index (χ1n) is 2.16. The Hall–Kier alpha value is 0.430. The molecule has 0 aliphatic heterocycles. The van der Waals surface area contributed by atoms with Gasteiger partial charge in [0, 0.05) is 4.43 Å². The first-order valence-corrected chi connectivity index (χ1v) is 3.68. The van der Waals surface area contributed by atoms with E-state index in [4.69, 9.17) is 5.11 Å². The third kappa shape index (κ3) is 4.28. The summed E-state index contributed by atoms with van der Waals surface area (Å²) in [6.07, 6.45) is 2.25. The van der Waals surface area contributed by atoms with Crippen molar-refractivity contribution < 1.29 is 5.11 Å². The first-order chi connectivity index (χ1) is 3.31. The van der Waals surface area contributed by atoms with Gasteiger partial charge in [-0.1, -0.05) is 28.7 Å². The van der Waals surface area contributed by atoms with E-state index in [-0.39, 0.29) is 6.10 Å². The molecule has 0 aromatic heterocycles. The highest BCUT2D eigenvalue weighted by Gasteiger charge is 1.93. The molecule has 0 unspecified atom stereocenters. The van der Waals surface area contributed by atoms with Gasteiger partial charge in [0.25, 0.3) is 0 Å². The summed E-state index contributed by atoms with van der Waals surface area (Å²) < 4.78 is 0.795. The largest absolute Gasteiger partial charge is 0.392 e. The van der Waals surface area contributed by atoms with Gasteiger partial charge in [0.1, 0.15) is 0 Å². The molecule has 42 valence electrons. The minimum Gasteiger partial charge on any atom is -0.392 e. The molecule has 0 bridgehead atoms. The highest BCUT2D eigenvalue weighted by Crippen LogP contribution is 1.95. The fraction of sp³-hybridized carbons (Fsp3) is 0.600. The second kappa shape index (κ2) is 4.59. The number of halogens is 1. The Balaban J connectivity index is 2.98. The van der Waals surface area contributed by atoms with E-state index >= 15 is 0 Å². The Bertz CT molecular complexity index is 54.0. The predicted molar refractivity (Wildman–Crippen MR) is 39.7 cm³/mol. The van der Waals surface area contributed by atoms with E-state index in [1.54, 1.807) is 6.08 Å². The molecule has 0 aliphatic carbocycles. The minimum atomic E-state index is -0.182. The van der Waals surface area contributed by atoms with Gasteiger partial charge in [-0.2, -0.15) is 0 Å². The average molecular weight is 212 g/mol. The highest BCUT2D eigenvalue weighted by atomic mass is 127. The van der Waals surface area contributed by atoms with E-state index in [9.17, 15) is 0 Å². The average Bonchev–Trinajstić information content (AvgIpc) is 1.68. The number of aliphatic hydroxyl groups is 1. The van der Waals surface area contributed by atoms with Crippen LogP contribution in [-0.2, 0) is 0 Å². The Morgan fingerprint density at radius 2 is 2.43 bits per heavy atom. The summed E-state index contributed by atoms with van der Waals surface area (Å²) in [6.45, 7) is 3.49. The standard InChI is InChI=1S/C5H9IO/c1-2-3-5(7)4-6/h2,5,7H,1,3-4H2/t5-/m1/s1. The molecule has 1 atom stereocenters. The third-order valence-electron chi connectivity index (χ3n) is 0.617. The summed E-state index contributed by atoms with van der Waals surface area (Å²) in [7, 11) is 0. The zero-order chi connectivity index (χ0) is 5.70. The van der Waals surface area contributed by atoms with Crippen molar-refractivity contribution in [1.82, 2.24) is 0 Å². The number of alkyl halides is 1. The normalized spacial score (nSPS) is 13.4. The Labute approximate surface area is 57.6 Å². The van der Waals surface area contributed by atoms with Crippen LogP contribution >= 0.6 is 22.6 Å². The van der Waals surface area contributed by atoms with Crippen molar-refractivity contribution in [2.45, 2.75) is 12.5 Å². The lowest BCUT2D eigenvalue weighted by Crippen LogP contribution is -2.04. The van der Waals surface area contributed by atoms with Crippen LogP contribution in [0.4, 0.5) is 0 Å². The quantitative estimate of drug-likeness (QED) is 0.425. The van der Waals surface area contributed by atoms with Crippen molar-refractivity contribution in [2.24, 2.45) is 0 Å². The van der Waals surface area contributed by atoms with Crippen molar-refractivity contribution in [1.29, 1.82) is 0 Å². The second-order valence-electron chi connectivity index (χ2n) is 1.33. The van der Waals surface area contributed by atoms with E-state index in [0.717, 1.165) is 4.43 Å². The maximum absolute atomic E-state index is 8.78. The Morgan fingerprint density at radius 3 is 2.57 bits per heavy atom. The van der Waals surface area contributed by atoms with Crippen LogP contribution in [0.3, 0.4) is 0 Å². The Kier molecular flexibility index (Phi) is 4.87. The summed E-state index contributed by atoms with van der Waals surface area (Å²) in [5.41, 5.74) is 0. The van der Waals surface area contributed by atoms with Crippen LogP contribution in [-0.4, -0.2) is 15.6 Å². The second-order valence-corrected chi connectivity index (χ2v) is 2.21. The van der Waals surface area contributed by atoms with Gasteiger partial charge < -0.3 is 5.11 Å². The number of hydrogen-bond donors (Lipinski definition) is 1. The lowest BCUT2D eigenvalue weighted by Gasteiger charge is -1.98. The van der Waals surface area contributed by atoms with Crippen LogP contribution < -0.4 is 0 Å². The van der Waals surface area contributed by atoms with E-state index in [1.807, 2.05) is 0 Å². The molecule has 0 rings (SSSR count). The zero-order valence-corrected chi connectivity index (χ0v) is 6.26. The summed E-state index contributed by atoms with van der Waals surface area (Å²) in [6, 6.07) is 0. The van der Waals surface area contributed by atoms with Crippen LogP contribution in [0.2, 0.25) is 0 Å². The smallest absolute Gasteiger partial charge is 0.0663 e. The molecule has 0 aromatic rings. The molecule has 0 aromatic carbocycles. The minimum absolute atomic E-state index is 0.182. The van der Waals surface area contributed by atoms with Gasteiger partial charge in [-0.25, -0.2) is 0 Å². The molecule has 0 saturated carbocycles. The molecule has 0 heterocycles. The van der Waals surface area contributed by atoms with Crippen molar-refractivity contribution >= 4 is 22.6 Å². The van der Waals surface area contributed by atoms with Gasteiger partial charge in [-0.3, -0.25) is 0 Å². The molecule has 1 nitrogen and oxygen atoms in total. The van der Waals surface area contributed by atoms with E-state index in [0.29, 0.717) is 6.42 Å². The number of rotatable bonds is 3. The summed E-state index contributed by atoms with van der Waals surface area (Å²) >= 11 is 2.14. The summed E-state index contributed by atoms with van der Waals surface area (Å²) in [5, 5.41) is 8.78. The molecule has 0 saturated heterocycles. The Morgan fingerprint density at radius 1 is 1.86 bits per heavy atom. The van der Waals surface area contributed by atoms with E-state index in [1.165, 1.54) is 0 Å². The molecule has 0 radical (unpaired) electrons. The van der Waals surface area contributed by atoms with Gasteiger partial charge >= 0.3 is 0 Å². The van der Waals surface area contributed by atoms with E-state index < -0.39 is 0 Å². The van der Waals surface area contributed by atoms with Crippen molar-refractivity contribution in [3.8, 4) is 0 Å². The third-order valence-corrected chi connectivity index (χ3v) is 1.63. The van der Waals surface area contributed by atoms with Crippen LogP contribution in [0.25, 0.3) is 0 Å². The van der Waals surface area contributed by atoms with Gasteiger partial charge in [0.2, 0.25) is 0 Å². The van der Waals surface area contributed by atoms with Gasteiger partial charge in [-0.15, -0.1) is 6.58 Å². The summed E-state index contributed by atoms with van der Waals surface area (Å²) in [4.78, 5) is 0. The first kappa shape index (κ1) is 7.43. The monoisotopic (exact) mass is 212 g/mol. The highest BCUT2D eigenvalue weighted by molar-refractivity contribution is 14.1. The molecule has 7 heavy (non-hydrogen) atoms. The predicted octanol–water partition coefficient (Wildman–Crippen LogP) is 1.36. The fourth-order valence-electron chi connectivity index (χ4n) is 0.255. The molecule has 0 aliphatic rings. The lowest BCUT2D eigenvalue weighted by molar-refractivity contribution is 0.206. The molecular weight excluding hydrogens is 203 g/mol. The van der Waals surface area contributed by atoms with Gasteiger partial charge in [0.05, 0.1) is 6.10 Å². The van der Waals surface area contributed by atoms with Crippen molar-refractivity contribution in [2.75, 3.05) is 4.43 Å². The van der Waals surface area contributed by atoms with Crippen LogP contribution in [0.1, 0.15) is 6.42 Å². The molecular formula is C5H9IO. The van der Waals surface area contributed by atoms with Crippen molar-refractivity contribution in [3.63, 3.8) is 0 Å². The molecule has 1 N–H and O–H groups in total. The fourth-order valence-corrected chi connectivity index (χ4v) is 0.615. The van der Waals surface area contributed by atoms with Crippen LogP contribution in [0.15, 0.2) is 12.7 Å². The number of hydrogen-bond acceptors (Lipinski definition) is 1. The number of aliphatic hydroxyl groups excluding tert-OH is 1. The van der Waals surface area contributed by atoms with Gasteiger partial charge in [0.15, 0.2) is 0 Å². The van der Waals surface area contributed by atoms with Crippen LogP contribution in [0.5, 0.6) is 0 Å². The maximum Gasteiger partial charge on any atom is 0.0663 e. The molecule has 0 spiro atoms. The molecule has 0 fully saturated rings. The maximum atomic E-state index is 8.78.